The molecule has 0 radical (unpaired) electrons. The van der Waals surface area contributed by atoms with Gasteiger partial charge in [0.05, 0.1) is 0 Å². The summed E-state index contributed by atoms with van der Waals surface area (Å²) < 4.78 is 1.04. The van der Waals surface area contributed by atoms with Crippen molar-refractivity contribution in [1.29, 1.82) is 0 Å². The van der Waals surface area contributed by atoms with Gasteiger partial charge in [0.2, 0.25) is 0 Å². The highest BCUT2D eigenvalue weighted by Gasteiger charge is 2.00. The SMILES string of the molecule is CCCCCCCCCCNCc1ccc(Br)cc1Cl. The lowest BCUT2D eigenvalue weighted by atomic mass is 10.1. The summed E-state index contributed by atoms with van der Waals surface area (Å²) in [5, 5.41) is 4.31. The molecule has 3 heteroatoms. The van der Waals surface area contributed by atoms with Crippen LogP contribution in [-0.4, -0.2) is 6.54 Å². The fraction of sp³-hybridized carbons (Fsp3) is 0.647. The molecule has 1 aromatic carbocycles. The van der Waals surface area contributed by atoms with E-state index in [-0.39, 0.29) is 0 Å². The summed E-state index contributed by atoms with van der Waals surface area (Å²) in [7, 11) is 0. The van der Waals surface area contributed by atoms with Crippen LogP contribution in [0.2, 0.25) is 5.02 Å². The van der Waals surface area contributed by atoms with Gasteiger partial charge in [-0.2, -0.15) is 0 Å². The highest BCUT2D eigenvalue weighted by atomic mass is 79.9. The minimum absolute atomic E-state index is 0.836. The van der Waals surface area contributed by atoms with Crippen LogP contribution in [0.4, 0.5) is 0 Å². The molecular formula is C17H27BrClN. The van der Waals surface area contributed by atoms with Crippen molar-refractivity contribution in [2.24, 2.45) is 0 Å². The van der Waals surface area contributed by atoms with Crippen LogP contribution >= 0.6 is 27.5 Å². The maximum Gasteiger partial charge on any atom is 0.0462 e. The second-order valence-electron chi connectivity index (χ2n) is 5.39. The maximum absolute atomic E-state index is 6.18. The van der Waals surface area contributed by atoms with E-state index in [1.807, 2.05) is 12.1 Å². The van der Waals surface area contributed by atoms with Gasteiger partial charge in [0, 0.05) is 16.0 Å². The number of hydrogen-bond donors (Lipinski definition) is 1. The molecule has 0 aliphatic rings. The van der Waals surface area contributed by atoms with Gasteiger partial charge in [0.25, 0.3) is 0 Å². The Hall–Kier alpha value is -0.0500. The second kappa shape index (κ2) is 11.6. The zero-order valence-electron chi connectivity index (χ0n) is 12.6. The third kappa shape index (κ3) is 8.28. The molecule has 0 spiro atoms. The van der Waals surface area contributed by atoms with E-state index in [4.69, 9.17) is 11.6 Å². The summed E-state index contributed by atoms with van der Waals surface area (Å²) in [5.41, 5.74) is 1.18. The van der Waals surface area contributed by atoms with Crippen molar-refractivity contribution < 1.29 is 0 Å². The molecule has 0 fully saturated rings. The topological polar surface area (TPSA) is 12.0 Å². The lowest BCUT2D eigenvalue weighted by Gasteiger charge is -2.07. The minimum Gasteiger partial charge on any atom is -0.313 e. The Bertz CT molecular complexity index is 368. The van der Waals surface area contributed by atoms with Crippen molar-refractivity contribution in [2.75, 3.05) is 6.54 Å². The summed E-state index contributed by atoms with van der Waals surface area (Å²) in [6.45, 7) is 4.22. The number of hydrogen-bond acceptors (Lipinski definition) is 1. The Labute approximate surface area is 137 Å². The maximum atomic E-state index is 6.18. The minimum atomic E-state index is 0.836. The van der Waals surface area contributed by atoms with E-state index in [2.05, 4.69) is 34.2 Å². The normalized spacial score (nSPS) is 10.9. The molecule has 0 aliphatic heterocycles. The predicted octanol–water partition coefficient (Wildman–Crippen LogP) is 6.33. The van der Waals surface area contributed by atoms with E-state index >= 15 is 0 Å². The number of halogens is 2. The molecule has 0 saturated carbocycles. The summed E-state index contributed by atoms with van der Waals surface area (Å²) in [6.07, 6.45) is 10.9. The first kappa shape index (κ1) is 18.0. The van der Waals surface area contributed by atoms with Crippen LogP contribution in [0, 0.1) is 0 Å². The van der Waals surface area contributed by atoms with Gasteiger partial charge in [-0.05, 0) is 30.7 Å². The third-order valence-electron chi connectivity index (χ3n) is 3.54. The molecule has 20 heavy (non-hydrogen) atoms. The van der Waals surface area contributed by atoms with Gasteiger partial charge in [0.15, 0.2) is 0 Å². The Balaban J connectivity index is 1.97. The van der Waals surface area contributed by atoms with Gasteiger partial charge >= 0.3 is 0 Å². The second-order valence-corrected chi connectivity index (χ2v) is 6.71. The predicted molar refractivity (Wildman–Crippen MR) is 93.5 cm³/mol. The summed E-state index contributed by atoms with van der Waals surface area (Å²) >= 11 is 9.61. The Morgan fingerprint density at radius 2 is 1.65 bits per heavy atom. The molecule has 0 bridgehead atoms. The van der Waals surface area contributed by atoms with Crippen LogP contribution in [0.15, 0.2) is 22.7 Å². The summed E-state index contributed by atoms with van der Waals surface area (Å²) in [6, 6.07) is 6.07. The lowest BCUT2D eigenvalue weighted by molar-refractivity contribution is 0.555. The van der Waals surface area contributed by atoms with E-state index in [0.29, 0.717) is 0 Å². The number of rotatable bonds is 11. The Kier molecular flexibility index (Phi) is 10.4. The molecule has 0 aliphatic carbocycles. The molecule has 0 amide bonds. The highest BCUT2D eigenvalue weighted by molar-refractivity contribution is 9.10. The van der Waals surface area contributed by atoms with Gasteiger partial charge < -0.3 is 5.32 Å². The van der Waals surface area contributed by atoms with Gasteiger partial charge in [-0.1, -0.05) is 85.5 Å². The smallest absolute Gasteiger partial charge is 0.0462 e. The molecule has 1 aromatic rings. The molecule has 1 rings (SSSR count). The number of unbranched alkanes of at least 4 members (excludes halogenated alkanes) is 7. The van der Waals surface area contributed by atoms with E-state index in [1.165, 1.54) is 56.9 Å². The van der Waals surface area contributed by atoms with Crippen LogP contribution < -0.4 is 5.32 Å². The quantitative estimate of drug-likeness (QED) is 0.454. The van der Waals surface area contributed by atoms with Crippen molar-refractivity contribution >= 4 is 27.5 Å². The van der Waals surface area contributed by atoms with Crippen molar-refractivity contribution in [3.8, 4) is 0 Å². The van der Waals surface area contributed by atoms with Crippen molar-refractivity contribution in [2.45, 2.75) is 64.8 Å². The van der Waals surface area contributed by atoms with Crippen molar-refractivity contribution in [3.05, 3.63) is 33.3 Å². The monoisotopic (exact) mass is 359 g/mol. The molecular weight excluding hydrogens is 334 g/mol. The van der Waals surface area contributed by atoms with Crippen LogP contribution in [-0.2, 0) is 6.54 Å². The van der Waals surface area contributed by atoms with E-state index in [9.17, 15) is 0 Å². The number of nitrogens with one attached hydrogen (secondary N) is 1. The molecule has 114 valence electrons. The largest absolute Gasteiger partial charge is 0.313 e. The van der Waals surface area contributed by atoms with Gasteiger partial charge in [-0.3, -0.25) is 0 Å². The fourth-order valence-corrected chi connectivity index (χ4v) is 3.01. The fourth-order valence-electron chi connectivity index (χ4n) is 2.27. The molecule has 1 nitrogen and oxygen atoms in total. The zero-order valence-corrected chi connectivity index (χ0v) is 14.9. The molecule has 0 heterocycles. The van der Waals surface area contributed by atoms with Crippen LogP contribution in [0.25, 0.3) is 0 Å². The van der Waals surface area contributed by atoms with Crippen molar-refractivity contribution in [3.63, 3.8) is 0 Å². The van der Waals surface area contributed by atoms with Crippen LogP contribution in [0.5, 0.6) is 0 Å². The van der Waals surface area contributed by atoms with E-state index in [0.717, 1.165) is 22.6 Å². The average molecular weight is 361 g/mol. The van der Waals surface area contributed by atoms with E-state index < -0.39 is 0 Å². The standard InChI is InChI=1S/C17H27BrClN/c1-2-3-4-5-6-7-8-9-12-20-14-15-10-11-16(18)13-17(15)19/h10-11,13,20H,2-9,12,14H2,1H3. The highest BCUT2D eigenvalue weighted by Crippen LogP contribution is 2.21. The first-order valence-electron chi connectivity index (χ1n) is 7.88. The van der Waals surface area contributed by atoms with E-state index in [1.54, 1.807) is 0 Å². The zero-order chi connectivity index (χ0) is 14.6. The molecule has 1 N–H and O–H groups in total. The van der Waals surface area contributed by atoms with Crippen molar-refractivity contribution in [1.82, 2.24) is 5.32 Å². The molecule has 0 saturated heterocycles. The molecule has 0 unspecified atom stereocenters. The van der Waals surface area contributed by atoms with Gasteiger partial charge in [-0.25, -0.2) is 0 Å². The third-order valence-corrected chi connectivity index (χ3v) is 4.38. The lowest BCUT2D eigenvalue weighted by Crippen LogP contribution is -2.14. The Morgan fingerprint density at radius 1 is 1.00 bits per heavy atom. The molecule has 0 aromatic heterocycles. The summed E-state index contributed by atoms with van der Waals surface area (Å²) in [5.74, 6) is 0. The first-order chi connectivity index (χ1) is 9.74. The average Bonchev–Trinajstić information content (AvgIpc) is 2.43. The van der Waals surface area contributed by atoms with Gasteiger partial charge in [-0.15, -0.1) is 0 Å². The Morgan fingerprint density at radius 3 is 2.30 bits per heavy atom. The van der Waals surface area contributed by atoms with Crippen LogP contribution in [0.1, 0.15) is 63.9 Å². The van der Waals surface area contributed by atoms with Crippen LogP contribution in [0.3, 0.4) is 0 Å². The molecule has 0 atom stereocenters. The summed E-state index contributed by atoms with van der Waals surface area (Å²) in [4.78, 5) is 0. The number of benzene rings is 1. The first-order valence-corrected chi connectivity index (χ1v) is 9.05. The van der Waals surface area contributed by atoms with Gasteiger partial charge in [0.1, 0.15) is 0 Å².